The van der Waals surface area contributed by atoms with Crippen LogP contribution >= 0.6 is 11.3 Å². The molecule has 1 heterocycles. The molecule has 1 amide bonds. The molecule has 114 valence electrons. The number of benzene rings is 1. The van der Waals surface area contributed by atoms with Crippen molar-refractivity contribution < 1.29 is 14.7 Å². The molecule has 22 heavy (non-hydrogen) atoms. The lowest BCUT2D eigenvalue weighted by atomic mass is 9.88. The Labute approximate surface area is 132 Å². The molecule has 1 atom stereocenters. The SMILES string of the molecule is C[C@H]1CCc2c(sc(NC(=O)c3ccccc3)c2C(=O)O)C1. The first-order valence-electron chi connectivity index (χ1n) is 7.30. The number of fused-ring (bicyclic) bond motifs is 1. The van der Waals surface area contributed by atoms with E-state index in [1.165, 1.54) is 11.3 Å². The summed E-state index contributed by atoms with van der Waals surface area (Å²) in [6.45, 7) is 2.17. The second-order valence-corrected chi connectivity index (χ2v) is 6.79. The molecule has 0 aliphatic heterocycles. The van der Waals surface area contributed by atoms with Crippen molar-refractivity contribution in [1.82, 2.24) is 0 Å². The van der Waals surface area contributed by atoms with Crippen molar-refractivity contribution in [2.75, 3.05) is 5.32 Å². The fourth-order valence-corrected chi connectivity index (χ4v) is 4.23. The van der Waals surface area contributed by atoms with Crippen LogP contribution in [0.1, 0.15) is 44.5 Å². The maximum atomic E-state index is 12.3. The standard InChI is InChI=1S/C17H17NO3S/c1-10-7-8-12-13(9-10)22-16(14(12)17(20)21)18-15(19)11-5-3-2-4-6-11/h2-6,10H,7-9H2,1H3,(H,18,19)(H,20,21)/t10-/m0/s1. The third-order valence-corrected chi connectivity index (χ3v) is 5.16. The van der Waals surface area contributed by atoms with Gasteiger partial charge in [0.1, 0.15) is 5.00 Å². The minimum atomic E-state index is -0.963. The topological polar surface area (TPSA) is 66.4 Å². The molecule has 1 aromatic carbocycles. The summed E-state index contributed by atoms with van der Waals surface area (Å²) in [5.41, 5.74) is 1.70. The zero-order chi connectivity index (χ0) is 15.7. The van der Waals surface area contributed by atoms with E-state index < -0.39 is 5.97 Å². The number of hydrogen-bond acceptors (Lipinski definition) is 3. The highest BCUT2D eigenvalue weighted by atomic mass is 32.1. The van der Waals surface area contributed by atoms with Crippen molar-refractivity contribution in [3.05, 3.63) is 51.9 Å². The minimum absolute atomic E-state index is 0.269. The van der Waals surface area contributed by atoms with Crippen LogP contribution in [0.4, 0.5) is 5.00 Å². The van der Waals surface area contributed by atoms with Crippen LogP contribution in [0.25, 0.3) is 0 Å². The molecule has 2 aromatic rings. The lowest BCUT2D eigenvalue weighted by Gasteiger charge is -2.17. The first-order valence-corrected chi connectivity index (χ1v) is 8.12. The second kappa shape index (κ2) is 5.93. The first kappa shape index (κ1) is 14.8. The Bertz CT molecular complexity index is 721. The van der Waals surface area contributed by atoms with Gasteiger partial charge < -0.3 is 10.4 Å². The fraction of sp³-hybridized carbons (Fsp3) is 0.294. The maximum Gasteiger partial charge on any atom is 0.339 e. The fourth-order valence-electron chi connectivity index (χ4n) is 2.83. The lowest BCUT2D eigenvalue weighted by molar-refractivity contribution is 0.0697. The van der Waals surface area contributed by atoms with Crippen LogP contribution in [0, 0.1) is 5.92 Å². The predicted molar refractivity (Wildman–Crippen MR) is 86.9 cm³/mol. The third kappa shape index (κ3) is 2.76. The van der Waals surface area contributed by atoms with Gasteiger partial charge in [-0.1, -0.05) is 25.1 Å². The number of hydrogen-bond donors (Lipinski definition) is 2. The summed E-state index contributed by atoms with van der Waals surface area (Å²) in [6.07, 6.45) is 2.66. The number of carbonyl (C=O) groups excluding carboxylic acids is 1. The molecule has 2 N–H and O–H groups in total. The second-order valence-electron chi connectivity index (χ2n) is 5.68. The summed E-state index contributed by atoms with van der Waals surface area (Å²) < 4.78 is 0. The Morgan fingerprint density at radius 3 is 2.68 bits per heavy atom. The van der Waals surface area contributed by atoms with E-state index in [0.29, 0.717) is 16.5 Å². The zero-order valence-corrected chi connectivity index (χ0v) is 13.1. The molecule has 0 unspecified atom stereocenters. The molecule has 0 bridgehead atoms. The largest absolute Gasteiger partial charge is 0.478 e. The zero-order valence-electron chi connectivity index (χ0n) is 12.3. The van der Waals surface area contributed by atoms with Crippen LogP contribution < -0.4 is 5.32 Å². The number of carboxylic acids is 1. The molecule has 1 aliphatic rings. The van der Waals surface area contributed by atoms with Gasteiger partial charge in [0, 0.05) is 10.4 Å². The Kier molecular flexibility index (Phi) is 3.98. The van der Waals surface area contributed by atoms with Crippen LogP contribution in [0.3, 0.4) is 0 Å². The molecule has 5 heteroatoms. The van der Waals surface area contributed by atoms with E-state index >= 15 is 0 Å². The molecule has 1 aliphatic carbocycles. The van der Waals surface area contributed by atoms with Gasteiger partial charge in [-0.05, 0) is 42.9 Å². The molecule has 0 fully saturated rings. The number of thiophene rings is 1. The monoisotopic (exact) mass is 315 g/mol. The molecule has 3 rings (SSSR count). The van der Waals surface area contributed by atoms with E-state index in [-0.39, 0.29) is 11.5 Å². The van der Waals surface area contributed by atoms with Crippen molar-refractivity contribution in [2.45, 2.75) is 26.2 Å². The average Bonchev–Trinajstić information content (AvgIpc) is 2.85. The van der Waals surface area contributed by atoms with Crippen LogP contribution in [-0.2, 0) is 12.8 Å². The number of nitrogens with one attached hydrogen (secondary N) is 1. The quantitative estimate of drug-likeness (QED) is 0.904. The highest BCUT2D eigenvalue weighted by Crippen LogP contribution is 2.39. The lowest BCUT2D eigenvalue weighted by Crippen LogP contribution is -2.15. The van der Waals surface area contributed by atoms with Crippen LogP contribution in [0.5, 0.6) is 0 Å². The van der Waals surface area contributed by atoms with Crippen LogP contribution in [0.2, 0.25) is 0 Å². The molecule has 0 saturated carbocycles. The number of anilines is 1. The minimum Gasteiger partial charge on any atom is -0.478 e. The summed E-state index contributed by atoms with van der Waals surface area (Å²) in [7, 11) is 0. The van der Waals surface area contributed by atoms with E-state index in [4.69, 9.17) is 0 Å². The van der Waals surface area contributed by atoms with Gasteiger partial charge in [-0.15, -0.1) is 11.3 Å². The van der Waals surface area contributed by atoms with Crippen molar-refractivity contribution in [3.63, 3.8) is 0 Å². The molecule has 1 aromatic heterocycles. The van der Waals surface area contributed by atoms with Gasteiger partial charge in [0.15, 0.2) is 0 Å². The summed E-state index contributed by atoms with van der Waals surface area (Å²) in [5.74, 6) is -0.671. The maximum absolute atomic E-state index is 12.3. The smallest absolute Gasteiger partial charge is 0.339 e. The first-order chi connectivity index (χ1) is 10.6. The predicted octanol–water partition coefficient (Wildman–Crippen LogP) is 3.82. The highest BCUT2D eigenvalue weighted by molar-refractivity contribution is 7.17. The van der Waals surface area contributed by atoms with Gasteiger partial charge in [0.25, 0.3) is 5.91 Å². The number of rotatable bonds is 3. The van der Waals surface area contributed by atoms with Crippen molar-refractivity contribution >= 4 is 28.2 Å². The highest BCUT2D eigenvalue weighted by Gasteiger charge is 2.28. The molecule has 0 saturated heterocycles. The third-order valence-electron chi connectivity index (χ3n) is 3.99. The summed E-state index contributed by atoms with van der Waals surface area (Å²) in [4.78, 5) is 25.0. The number of carboxylic acid groups (broad SMARTS) is 1. The molecule has 4 nitrogen and oxygen atoms in total. The van der Waals surface area contributed by atoms with Crippen LogP contribution in [-0.4, -0.2) is 17.0 Å². The van der Waals surface area contributed by atoms with Gasteiger partial charge in [-0.3, -0.25) is 4.79 Å². The Hall–Kier alpha value is -2.14. The Morgan fingerprint density at radius 2 is 2.00 bits per heavy atom. The Balaban J connectivity index is 1.94. The summed E-state index contributed by atoms with van der Waals surface area (Å²) in [6, 6.07) is 8.84. The molecule has 0 radical (unpaired) electrons. The van der Waals surface area contributed by atoms with Crippen molar-refractivity contribution in [3.8, 4) is 0 Å². The Morgan fingerprint density at radius 1 is 1.27 bits per heavy atom. The normalized spacial score (nSPS) is 16.9. The molecule has 0 spiro atoms. The molecular weight excluding hydrogens is 298 g/mol. The van der Waals surface area contributed by atoms with E-state index in [0.717, 1.165) is 29.7 Å². The molecular formula is C17H17NO3S. The summed E-state index contributed by atoms with van der Waals surface area (Å²) in [5, 5.41) is 12.8. The van der Waals surface area contributed by atoms with Gasteiger partial charge in [-0.2, -0.15) is 0 Å². The van der Waals surface area contributed by atoms with Gasteiger partial charge in [0.05, 0.1) is 5.56 Å². The van der Waals surface area contributed by atoms with E-state index in [2.05, 4.69) is 12.2 Å². The van der Waals surface area contributed by atoms with Gasteiger partial charge in [-0.25, -0.2) is 4.79 Å². The van der Waals surface area contributed by atoms with Gasteiger partial charge in [0.2, 0.25) is 0 Å². The van der Waals surface area contributed by atoms with Crippen molar-refractivity contribution in [1.29, 1.82) is 0 Å². The van der Waals surface area contributed by atoms with E-state index in [9.17, 15) is 14.7 Å². The van der Waals surface area contributed by atoms with E-state index in [1.54, 1.807) is 24.3 Å². The van der Waals surface area contributed by atoms with Crippen molar-refractivity contribution in [2.24, 2.45) is 5.92 Å². The van der Waals surface area contributed by atoms with Crippen LogP contribution in [0.15, 0.2) is 30.3 Å². The number of aromatic carboxylic acids is 1. The number of carbonyl (C=O) groups is 2. The summed E-state index contributed by atoms with van der Waals surface area (Å²) >= 11 is 1.40. The van der Waals surface area contributed by atoms with Gasteiger partial charge >= 0.3 is 5.97 Å². The average molecular weight is 315 g/mol. The number of amides is 1. The van der Waals surface area contributed by atoms with E-state index in [1.807, 2.05) is 6.07 Å².